The minimum absolute atomic E-state index is 0.311. The van der Waals surface area contributed by atoms with E-state index in [1.165, 1.54) is 0 Å². The summed E-state index contributed by atoms with van der Waals surface area (Å²) in [6.45, 7) is 0. The molecular weight excluding hydrogens is 314 g/mol. The first kappa shape index (κ1) is 15.1. The van der Waals surface area contributed by atoms with Gasteiger partial charge in [0.2, 0.25) is 0 Å². The van der Waals surface area contributed by atoms with Crippen LogP contribution in [-0.4, -0.2) is 27.1 Å². The fourth-order valence-electron chi connectivity index (χ4n) is 2.54. The molecule has 3 rings (SSSR count). The van der Waals surface area contributed by atoms with Gasteiger partial charge in [0.25, 0.3) is 0 Å². The monoisotopic (exact) mass is 325 g/mol. The molecule has 6 heteroatoms. The Morgan fingerprint density at radius 3 is 2.22 bits per heavy atom. The number of pyridine rings is 1. The number of carboxylic acids is 2. The minimum Gasteiger partial charge on any atom is -0.478 e. The van der Waals surface area contributed by atoms with E-state index in [4.69, 9.17) is 0 Å². The van der Waals surface area contributed by atoms with E-state index in [-0.39, 0.29) is 5.56 Å². The van der Waals surface area contributed by atoms with Crippen LogP contribution in [0.15, 0.2) is 53.4 Å². The summed E-state index contributed by atoms with van der Waals surface area (Å²) in [4.78, 5) is 27.8. The first-order valence-electron chi connectivity index (χ1n) is 6.68. The summed E-state index contributed by atoms with van der Waals surface area (Å²) in [5.41, 5.74) is 0.461. The second-order valence-electron chi connectivity index (χ2n) is 4.86. The number of fused-ring (bicyclic) bond motifs is 1. The van der Waals surface area contributed by atoms with Gasteiger partial charge in [-0.25, -0.2) is 14.6 Å². The molecule has 2 aromatic carbocycles. The topological polar surface area (TPSA) is 87.5 Å². The van der Waals surface area contributed by atoms with Crippen LogP contribution in [-0.2, 0) is 0 Å². The predicted molar refractivity (Wildman–Crippen MR) is 88.3 cm³/mol. The lowest BCUT2D eigenvalue weighted by Crippen LogP contribution is -2.13. The number of carboxylic acid groups (broad SMARTS) is 2. The average molecular weight is 325 g/mol. The Bertz CT molecular complexity index is 952. The molecular formula is C17H11NO4S. The number of hydrogen-bond acceptors (Lipinski definition) is 4. The van der Waals surface area contributed by atoms with Crippen LogP contribution in [0.3, 0.4) is 0 Å². The van der Waals surface area contributed by atoms with Gasteiger partial charge in [0, 0.05) is 15.8 Å². The van der Waals surface area contributed by atoms with Crippen molar-refractivity contribution in [3.8, 4) is 11.1 Å². The van der Waals surface area contributed by atoms with Crippen LogP contribution in [0, 0.1) is 0 Å². The molecule has 0 saturated carbocycles. The molecule has 0 aliphatic carbocycles. The summed E-state index contributed by atoms with van der Waals surface area (Å²) in [7, 11) is 0. The lowest BCUT2D eigenvalue weighted by molar-refractivity contribution is 0.0647. The van der Waals surface area contributed by atoms with E-state index in [9.17, 15) is 19.8 Å². The maximum absolute atomic E-state index is 11.7. The number of hydrogen-bond donors (Lipinski definition) is 3. The van der Waals surface area contributed by atoms with Crippen molar-refractivity contribution in [1.29, 1.82) is 0 Å². The summed E-state index contributed by atoms with van der Waals surface area (Å²) in [5.74, 6) is -2.72. The minimum atomic E-state index is -1.38. The molecule has 0 bridgehead atoms. The third kappa shape index (κ3) is 2.53. The van der Waals surface area contributed by atoms with E-state index in [1.807, 2.05) is 0 Å². The van der Waals surface area contributed by atoms with Crippen LogP contribution in [0.5, 0.6) is 0 Å². The number of benzene rings is 2. The summed E-state index contributed by atoms with van der Waals surface area (Å²) in [6.07, 6.45) is 0. The molecule has 114 valence electrons. The molecule has 3 aromatic rings. The van der Waals surface area contributed by atoms with Crippen LogP contribution < -0.4 is 0 Å². The molecule has 0 fully saturated rings. The predicted octanol–water partition coefficient (Wildman–Crippen LogP) is 3.59. The van der Waals surface area contributed by atoms with E-state index < -0.39 is 17.6 Å². The molecule has 23 heavy (non-hydrogen) atoms. The Morgan fingerprint density at radius 2 is 1.57 bits per heavy atom. The van der Waals surface area contributed by atoms with Crippen molar-refractivity contribution in [3.63, 3.8) is 0 Å². The Labute approximate surface area is 136 Å². The van der Waals surface area contributed by atoms with Gasteiger partial charge >= 0.3 is 11.9 Å². The quantitative estimate of drug-likeness (QED) is 0.641. The van der Waals surface area contributed by atoms with Crippen molar-refractivity contribution in [2.45, 2.75) is 4.90 Å². The highest BCUT2D eigenvalue weighted by molar-refractivity contribution is 7.80. The van der Waals surface area contributed by atoms with Crippen molar-refractivity contribution in [2.24, 2.45) is 0 Å². The van der Waals surface area contributed by atoms with Crippen LogP contribution >= 0.6 is 12.6 Å². The molecule has 0 amide bonds. The SMILES string of the molecule is O=C(O)c1nc2ccccc2c(-c2ccccc2S)c1C(=O)O. The number of carbonyl (C=O) groups is 2. The zero-order valence-corrected chi connectivity index (χ0v) is 12.6. The molecule has 0 spiro atoms. The molecule has 5 nitrogen and oxygen atoms in total. The van der Waals surface area contributed by atoms with E-state index in [0.717, 1.165) is 0 Å². The zero-order chi connectivity index (χ0) is 16.6. The zero-order valence-electron chi connectivity index (χ0n) is 11.7. The number of aromatic carboxylic acids is 2. The normalized spacial score (nSPS) is 10.7. The summed E-state index contributed by atoms with van der Waals surface area (Å²) in [5, 5.41) is 19.5. The molecule has 0 saturated heterocycles. The number of thiol groups is 1. The number of aromatic nitrogens is 1. The van der Waals surface area contributed by atoms with E-state index in [0.29, 0.717) is 26.9 Å². The number of rotatable bonds is 3. The van der Waals surface area contributed by atoms with Gasteiger partial charge in [-0.1, -0.05) is 36.4 Å². The summed E-state index contributed by atoms with van der Waals surface area (Å²) in [6, 6.07) is 13.8. The second-order valence-corrected chi connectivity index (χ2v) is 5.34. The van der Waals surface area contributed by atoms with Crippen molar-refractivity contribution in [3.05, 3.63) is 59.8 Å². The standard InChI is InChI=1S/C17H11NO4S/c19-16(20)14-13(10-6-2-4-8-12(10)23)9-5-1-3-7-11(9)18-15(14)17(21)22/h1-8,23H,(H,19,20)(H,21,22). The number of para-hydroxylation sites is 1. The Kier molecular flexibility index (Phi) is 3.75. The third-order valence-electron chi connectivity index (χ3n) is 3.48. The highest BCUT2D eigenvalue weighted by Crippen LogP contribution is 2.36. The van der Waals surface area contributed by atoms with Gasteiger partial charge in [0.1, 0.15) is 5.56 Å². The third-order valence-corrected chi connectivity index (χ3v) is 3.87. The van der Waals surface area contributed by atoms with E-state index in [2.05, 4.69) is 17.6 Å². The summed E-state index contributed by atoms with van der Waals surface area (Å²) < 4.78 is 0. The fourth-order valence-corrected chi connectivity index (χ4v) is 2.81. The molecule has 2 N–H and O–H groups in total. The van der Waals surface area contributed by atoms with Crippen molar-refractivity contribution in [1.82, 2.24) is 4.98 Å². The van der Waals surface area contributed by atoms with Gasteiger partial charge in [-0.15, -0.1) is 12.6 Å². The van der Waals surface area contributed by atoms with Crippen molar-refractivity contribution >= 4 is 35.5 Å². The largest absolute Gasteiger partial charge is 0.478 e. The van der Waals surface area contributed by atoms with Crippen molar-refractivity contribution < 1.29 is 19.8 Å². The van der Waals surface area contributed by atoms with Crippen LogP contribution in [0.4, 0.5) is 0 Å². The maximum atomic E-state index is 11.7. The second kappa shape index (κ2) is 5.73. The Balaban J connectivity index is 2.56. The van der Waals surface area contributed by atoms with Crippen LogP contribution in [0.25, 0.3) is 22.0 Å². The van der Waals surface area contributed by atoms with Crippen LogP contribution in [0.2, 0.25) is 0 Å². The van der Waals surface area contributed by atoms with Gasteiger partial charge in [-0.2, -0.15) is 0 Å². The molecule has 0 atom stereocenters. The van der Waals surface area contributed by atoms with E-state index >= 15 is 0 Å². The first-order valence-corrected chi connectivity index (χ1v) is 7.13. The molecule has 0 unspecified atom stereocenters. The fraction of sp³-hybridized carbons (Fsp3) is 0. The van der Waals surface area contributed by atoms with Gasteiger partial charge in [0.05, 0.1) is 5.52 Å². The lowest BCUT2D eigenvalue weighted by Gasteiger charge is -2.14. The van der Waals surface area contributed by atoms with Gasteiger partial charge in [-0.05, 0) is 17.7 Å². The molecule has 0 radical (unpaired) electrons. The van der Waals surface area contributed by atoms with Gasteiger partial charge < -0.3 is 10.2 Å². The Hall–Kier alpha value is -2.86. The van der Waals surface area contributed by atoms with E-state index in [1.54, 1.807) is 48.5 Å². The van der Waals surface area contributed by atoms with Gasteiger partial charge in [0.15, 0.2) is 5.69 Å². The molecule has 1 aromatic heterocycles. The van der Waals surface area contributed by atoms with Crippen molar-refractivity contribution in [2.75, 3.05) is 0 Å². The Morgan fingerprint density at radius 1 is 0.913 bits per heavy atom. The highest BCUT2D eigenvalue weighted by Gasteiger charge is 2.26. The highest BCUT2D eigenvalue weighted by atomic mass is 32.1. The van der Waals surface area contributed by atoms with Gasteiger partial charge in [-0.3, -0.25) is 0 Å². The first-order chi connectivity index (χ1) is 11.0. The molecule has 0 aliphatic rings. The maximum Gasteiger partial charge on any atom is 0.355 e. The summed E-state index contributed by atoms with van der Waals surface area (Å²) >= 11 is 4.38. The average Bonchev–Trinajstić information content (AvgIpc) is 2.53. The number of nitrogens with zero attached hydrogens (tertiary/aromatic N) is 1. The lowest BCUT2D eigenvalue weighted by atomic mass is 9.94. The molecule has 1 heterocycles. The smallest absolute Gasteiger partial charge is 0.355 e. The van der Waals surface area contributed by atoms with Crippen LogP contribution in [0.1, 0.15) is 20.8 Å². The molecule has 0 aliphatic heterocycles.